The molecule has 0 radical (unpaired) electrons. The summed E-state index contributed by atoms with van der Waals surface area (Å²) in [4.78, 5) is 23.8. The van der Waals surface area contributed by atoms with E-state index in [4.69, 9.17) is 0 Å². The van der Waals surface area contributed by atoms with E-state index in [1.54, 1.807) is 31.3 Å². The molecule has 0 unspecified atom stereocenters. The molecule has 2 aromatic carbocycles. The Morgan fingerprint density at radius 3 is 2.00 bits per heavy atom. The lowest BCUT2D eigenvalue weighted by Crippen LogP contribution is -2.23. The van der Waals surface area contributed by atoms with Gasteiger partial charge in [0.1, 0.15) is 0 Å². The lowest BCUT2D eigenvalue weighted by atomic mass is 10.1. The number of aromatic nitrogens is 1. The Labute approximate surface area is 146 Å². The third-order valence-corrected chi connectivity index (χ3v) is 3.93. The monoisotopic (exact) mass is 333 g/mol. The molecule has 1 aromatic heterocycles. The van der Waals surface area contributed by atoms with Crippen LogP contribution in [0.1, 0.15) is 26.3 Å². The topological polar surface area (TPSA) is 63.1 Å². The minimum atomic E-state index is -0.130. The van der Waals surface area contributed by atoms with Crippen LogP contribution in [0, 0.1) is 0 Å². The Balaban J connectivity index is 1.60. The summed E-state index contributed by atoms with van der Waals surface area (Å²) in [5, 5.41) is 5.46. The molecular formula is C20H19N3O2. The van der Waals surface area contributed by atoms with Gasteiger partial charge in [0.05, 0.1) is 0 Å². The Morgan fingerprint density at radius 1 is 0.840 bits per heavy atom. The van der Waals surface area contributed by atoms with E-state index in [1.165, 1.54) is 0 Å². The molecule has 25 heavy (non-hydrogen) atoms. The van der Waals surface area contributed by atoms with Crippen molar-refractivity contribution in [3.63, 3.8) is 0 Å². The summed E-state index contributed by atoms with van der Waals surface area (Å²) in [5.74, 6) is -0.257. The van der Waals surface area contributed by atoms with Gasteiger partial charge >= 0.3 is 0 Å². The molecule has 0 aliphatic carbocycles. The summed E-state index contributed by atoms with van der Waals surface area (Å²) in [6, 6.07) is 18.5. The third kappa shape index (κ3) is 3.95. The Kier molecular flexibility index (Phi) is 4.95. The number of carbonyl (C=O) groups excluding carboxylic acids is 2. The second-order valence-electron chi connectivity index (χ2n) is 5.60. The van der Waals surface area contributed by atoms with Crippen molar-refractivity contribution < 1.29 is 9.59 Å². The van der Waals surface area contributed by atoms with Crippen LogP contribution in [0.15, 0.2) is 73.1 Å². The van der Waals surface area contributed by atoms with Crippen molar-refractivity contribution in [3.8, 4) is 5.69 Å². The molecule has 126 valence electrons. The highest BCUT2D eigenvalue weighted by molar-refractivity contribution is 5.95. The first-order chi connectivity index (χ1) is 12.2. The second-order valence-corrected chi connectivity index (χ2v) is 5.60. The van der Waals surface area contributed by atoms with Gasteiger partial charge in [-0.1, -0.05) is 12.1 Å². The van der Waals surface area contributed by atoms with E-state index >= 15 is 0 Å². The average molecular weight is 333 g/mol. The van der Waals surface area contributed by atoms with Gasteiger partial charge in [0, 0.05) is 42.8 Å². The number of carbonyl (C=O) groups is 2. The predicted octanol–water partition coefficient (Wildman–Crippen LogP) is 2.77. The number of rotatable bonds is 5. The van der Waals surface area contributed by atoms with Gasteiger partial charge in [-0.05, 0) is 54.1 Å². The lowest BCUT2D eigenvalue weighted by molar-refractivity contribution is 0.0946. The number of amides is 2. The fourth-order valence-electron chi connectivity index (χ4n) is 2.49. The molecule has 2 N–H and O–H groups in total. The van der Waals surface area contributed by atoms with Crippen LogP contribution < -0.4 is 10.6 Å². The van der Waals surface area contributed by atoms with Gasteiger partial charge in [-0.15, -0.1) is 0 Å². The van der Waals surface area contributed by atoms with Gasteiger partial charge in [0.15, 0.2) is 0 Å². The van der Waals surface area contributed by atoms with Crippen LogP contribution >= 0.6 is 0 Å². The number of nitrogens with one attached hydrogen (secondary N) is 2. The second kappa shape index (κ2) is 7.49. The number of nitrogens with zero attached hydrogens (tertiary/aromatic N) is 1. The molecule has 0 atom stereocenters. The first-order valence-corrected chi connectivity index (χ1v) is 8.00. The molecule has 2 amide bonds. The summed E-state index contributed by atoms with van der Waals surface area (Å²) in [5.41, 5.74) is 3.15. The van der Waals surface area contributed by atoms with Crippen LogP contribution in [0.3, 0.4) is 0 Å². The highest BCUT2D eigenvalue weighted by Gasteiger charge is 2.07. The smallest absolute Gasteiger partial charge is 0.251 e. The molecule has 0 aliphatic rings. The molecule has 0 fully saturated rings. The molecule has 5 heteroatoms. The lowest BCUT2D eigenvalue weighted by Gasteiger charge is -2.08. The molecule has 0 aliphatic heterocycles. The van der Waals surface area contributed by atoms with Crippen LogP contribution in [0.5, 0.6) is 0 Å². The Morgan fingerprint density at radius 2 is 1.40 bits per heavy atom. The minimum absolute atomic E-state index is 0.127. The SMILES string of the molecule is CNC(=O)c1ccc(CNC(=O)c2ccc(-n3cccc3)cc2)cc1. The summed E-state index contributed by atoms with van der Waals surface area (Å²) >= 11 is 0. The maximum atomic E-state index is 12.3. The van der Waals surface area contributed by atoms with Gasteiger partial charge in [-0.2, -0.15) is 0 Å². The van der Waals surface area contributed by atoms with E-state index in [9.17, 15) is 9.59 Å². The van der Waals surface area contributed by atoms with Gasteiger partial charge in [0.25, 0.3) is 11.8 Å². The highest BCUT2D eigenvalue weighted by atomic mass is 16.2. The molecule has 0 saturated carbocycles. The van der Waals surface area contributed by atoms with Crippen LogP contribution in [0.4, 0.5) is 0 Å². The van der Waals surface area contributed by atoms with E-state index in [2.05, 4.69) is 10.6 Å². The Hall–Kier alpha value is -3.34. The van der Waals surface area contributed by atoms with E-state index in [0.717, 1.165) is 11.3 Å². The van der Waals surface area contributed by atoms with Gasteiger partial charge in [-0.3, -0.25) is 9.59 Å². The number of benzene rings is 2. The third-order valence-electron chi connectivity index (χ3n) is 3.93. The summed E-state index contributed by atoms with van der Waals surface area (Å²) in [6.45, 7) is 0.409. The Bertz CT molecular complexity index is 851. The molecule has 5 nitrogen and oxygen atoms in total. The molecule has 0 spiro atoms. The van der Waals surface area contributed by atoms with Crippen LogP contribution in [-0.4, -0.2) is 23.4 Å². The van der Waals surface area contributed by atoms with E-state index in [1.807, 2.05) is 53.4 Å². The van der Waals surface area contributed by atoms with Crippen LogP contribution in [0.25, 0.3) is 5.69 Å². The normalized spacial score (nSPS) is 10.3. The summed E-state index contributed by atoms with van der Waals surface area (Å²) < 4.78 is 1.98. The van der Waals surface area contributed by atoms with Crippen LogP contribution in [0.2, 0.25) is 0 Å². The minimum Gasteiger partial charge on any atom is -0.355 e. The summed E-state index contributed by atoms with van der Waals surface area (Å²) in [6.07, 6.45) is 3.91. The van der Waals surface area contributed by atoms with Gasteiger partial charge < -0.3 is 15.2 Å². The zero-order valence-electron chi connectivity index (χ0n) is 13.9. The summed E-state index contributed by atoms with van der Waals surface area (Å²) in [7, 11) is 1.60. The molecule has 3 aromatic rings. The fourth-order valence-corrected chi connectivity index (χ4v) is 2.49. The molecule has 0 saturated heterocycles. The van der Waals surface area contributed by atoms with E-state index in [0.29, 0.717) is 17.7 Å². The van der Waals surface area contributed by atoms with Crippen molar-refractivity contribution in [3.05, 3.63) is 89.7 Å². The standard InChI is InChI=1S/C20H19N3O2/c1-21-19(24)16-6-4-15(5-7-16)14-22-20(25)17-8-10-18(11-9-17)23-12-2-3-13-23/h2-13H,14H2,1H3,(H,21,24)(H,22,25). The number of hydrogen-bond acceptors (Lipinski definition) is 2. The number of hydrogen-bond donors (Lipinski definition) is 2. The van der Waals surface area contributed by atoms with Gasteiger partial charge in [0.2, 0.25) is 0 Å². The molecular weight excluding hydrogens is 314 g/mol. The first-order valence-electron chi connectivity index (χ1n) is 8.00. The zero-order chi connectivity index (χ0) is 17.6. The van der Waals surface area contributed by atoms with Gasteiger partial charge in [-0.25, -0.2) is 0 Å². The largest absolute Gasteiger partial charge is 0.355 e. The zero-order valence-corrected chi connectivity index (χ0v) is 13.9. The van der Waals surface area contributed by atoms with Crippen molar-refractivity contribution in [2.24, 2.45) is 0 Å². The highest BCUT2D eigenvalue weighted by Crippen LogP contribution is 2.10. The van der Waals surface area contributed by atoms with Crippen molar-refractivity contribution in [2.45, 2.75) is 6.54 Å². The molecule has 3 rings (SSSR count). The molecule has 0 bridgehead atoms. The first kappa shape index (κ1) is 16.5. The van der Waals surface area contributed by atoms with Crippen molar-refractivity contribution in [1.29, 1.82) is 0 Å². The van der Waals surface area contributed by atoms with Crippen molar-refractivity contribution >= 4 is 11.8 Å². The van der Waals surface area contributed by atoms with Crippen molar-refractivity contribution in [2.75, 3.05) is 7.05 Å². The fraction of sp³-hybridized carbons (Fsp3) is 0.100. The van der Waals surface area contributed by atoms with E-state index < -0.39 is 0 Å². The maximum Gasteiger partial charge on any atom is 0.251 e. The van der Waals surface area contributed by atoms with Crippen molar-refractivity contribution in [1.82, 2.24) is 15.2 Å². The molecule has 1 heterocycles. The van der Waals surface area contributed by atoms with Crippen LogP contribution in [-0.2, 0) is 6.54 Å². The quantitative estimate of drug-likeness (QED) is 0.754. The van der Waals surface area contributed by atoms with E-state index in [-0.39, 0.29) is 11.8 Å². The predicted molar refractivity (Wildman–Crippen MR) is 96.8 cm³/mol. The maximum absolute atomic E-state index is 12.3. The average Bonchev–Trinajstić information content (AvgIpc) is 3.21.